The Bertz CT molecular complexity index is 1340. The lowest BCUT2D eigenvalue weighted by molar-refractivity contribution is -0.119. The number of nitrogens with one attached hydrogen (secondary N) is 2. The summed E-state index contributed by atoms with van der Waals surface area (Å²) in [6.45, 7) is 5.41. The van der Waals surface area contributed by atoms with Gasteiger partial charge in [-0.25, -0.2) is 9.67 Å². The largest absolute Gasteiger partial charge is 0.351 e. The van der Waals surface area contributed by atoms with Crippen LogP contribution < -0.4 is 10.6 Å². The number of ketones is 1. The van der Waals surface area contributed by atoms with Crippen molar-refractivity contribution in [3.8, 4) is 16.3 Å². The van der Waals surface area contributed by atoms with Gasteiger partial charge in [0, 0.05) is 17.2 Å². The van der Waals surface area contributed by atoms with E-state index in [0.717, 1.165) is 15.4 Å². The van der Waals surface area contributed by atoms with E-state index in [0.29, 0.717) is 28.8 Å². The minimum Gasteiger partial charge on any atom is -0.351 e. The van der Waals surface area contributed by atoms with Gasteiger partial charge in [-0.15, -0.1) is 22.7 Å². The highest BCUT2D eigenvalue weighted by Crippen LogP contribution is 2.31. The van der Waals surface area contributed by atoms with Crippen molar-refractivity contribution in [2.24, 2.45) is 0 Å². The van der Waals surface area contributed by atoms with E-state index < -0.39 is 11.7 Å². The number of para-hydroxylation sites is 1. The van der Waals surface area contributed by atoms with Gasteiger partial charge >= 0.3 is 0 Å². The van der Waals surface area contributed by atoms with E-state index in [1.54, 1.807) is 18.5 Å². The highest BCUT2D eigenvalue weighted by molar-refractivity contribution is 7.17. The predicted octanol–water partition coefficient (Wildman–Crippen LogP) is 4.13. The lowest BCUT2D eigenvalue weighted by Crippen LogP contribution is -2.24. The minimum absolute atomic E-state index is 0.0898. The summed E-state index contributed by atoms with van der Waals surface area (Å²) in [6, 6.07) is 13.3. The van der Waals surface area contributed by atoms with Crippen LogP contribution in [-0.2, 0) is 16.1 Å². The Morgan fingerprint density at radius 3 is 2.55 bits per heavy atom. The number of aromatic nitrogens is 3. The summed E-state index contributed by atoms with van der Waals surface area (Å²) in [5.41, 5.74) is 2.89. The van der Waals surface area contributed by atoms with Gasteiger partial charge in [-0.3, -0.25) is 19.7 Å². The molecule has 4 rings (SSSR count). The molecule has 33 heavy (non-hydrogen) atoms. The number of carbonyl (C=O) groups is 3. The molecule has 1 aromatic carbocycles. The lowest BCUT2D eigenvalue weighted by Gasteiger charge is -2.05. The van der Waals surface area contributed by atoms with Gasteiger partial charge in [0.15, 0.2) is 5.13 Å². The smallest absolute Gasteiger partial charge is 0.298 e. The monoisotopic (exact) mass is 479 g/mol. The fourth-order valence-corrected chi connectivity index (χ4v) is 5.01. The van der Waals surface area contributed by atoms with Gasteiger partial charge in [0.25, 0.3) is 11.7 Å². The zero-order valence-corrected chi connectivity index (χ0v) is 19.8. The number of carbonyl (C=O) groups excluding carboxylic acids is 3. The van der Waals surface area contributed by atoms with E-state index in [4.69, 9.17) is 0 Å². The zero-order chi connectivity index (χ0) is 23.5. The number of aryl methyl sites for hydroxylation is 1. The molecule has 0 bridgehead atoms. The molecule has 0 atom stereocenters. The fraction of sp³-hybridized carbons (Fsp3) is 0.174. The van der Waals surface area contributed by atoms with Crippen LogP contribution in [0.2, 0.25) is 0 Å². The Morgan fingerprint density at radius 1 is 1.06 bits per heavy atom. The number of amides is 2. The van der Waals surface area contributed by atoms with Crippen molar-refractivity contribution in [2.75, 3.05) is 5.32 Å². The van der Waals surface area contributed by atoms with Gasteiger partial charge in [-0.1, -0.05) is 18.2 Å². The van der Waals surface area contributed by atoms with Gasteiger partial charge in [0.1, 0.15) is 0 Å². The summed E-state index contributed by atoms with van der Waals surface area (Å²) in [6.07, 6.45) is 0. The molecule has 0 aliphatic heterocycles. The first-order valence-corrected chi connectivity index (χ1v) is 11.8. The molecule has 2 amide bonds. The summed E-state index contributed by atoms with van der Waals surface area (Å²) in [7, 11) is 0. The first-order chi connectivity index (χ1) is 15.8. The third-order valence-electron chi connectivity index (χ3n) is 4.88. The molecule has 0 saturated heterocycles. The van der Waals surface area contributed by atoms with Crippen LogP contribution in [0.4, 0.5) is 5.13 Å². The van der Waals surface area contributed by atoms with Crippen LogP contribution in [0.25, 0.3) is 16.3 Å². The molecular formula is C23H21N5O3S2. The van der Waals surface area contributed by atoms with E-state index in [2.05, 4.69) is 20.7 Å². The second kappa shape index (κ2) is 9.47. The van der Waals surface area contributed by atoms with Crippen LogP contribution in [0.1, 0.15) is 33.5 Å². The second-order valence-electron chi connectivity index (χ2n) is 7.29. The number of nitrogens with zero attached hydrogens (tertiary/aromatic N) is 3. The summed E-state index contributed by atoms with van der Waals surface area (Å²) in [5, 5.41) is 12.0. The summed E-state index contributed by atoms with van der Waals surface area (Å²) in [5.74, 6) is -1.50. The van der Waals surface area contributed by atoms with Crippen LogP contribution in [0.15, 0.2) is 47.8 Å². The molecule has 0 saturated carbocycles. The summed E-state index contributed by atoms with van der Waals surface area (Å²) < 4.78 is 1.66. The molecule has 4 aromatic rings. The van der Waals surface area contributed by atoms with E-state index >= 15 is 0 Å². The molecule has 0 fully saturated rings. The van der Waals surface area contributed by atoms with Crippen molar-refractivity contribution < 1.29 is 14.4 Å². The molecular weight excluding hydrogens is 458 g/mol. The molecule has 0 spiro atoms. The molecule has 3 heterocycles. The second-order valence-corrected chi connectivity index (χ2v) is 9.32. The Hall–Kier alpha value is -3.63. The van der Waals surface area contributed by atoms with Crippen molar-refractivity contribution >= 4 is 45.4 Å². The molecule has 3 aromatic heterocycles. The van der Waals surface area contributed by atoms with Gasteiger partial charge in [0.2, 0.25) is 5.91 Å². The van der Waals surface area contributed by atoms with Crippen molar-refractivity contribution in [3.63, 3.8) is 0 Å². The molecule has 0 aliphatic rings. The SMILES string of the molecule is CC(=O)NCc1ccc(-c2csc(NC(=O)C(=O)c3c(C)nn(-c4ccccc4)c3C)n2)s1. The van der Waals surface area contributed by atoms with Crippen molar-refractivity contribution in [2.45, 2.75) is 27.3 Å². The maximum Gasteiger partial charge on any atom is 0.298 e. The van der Waals surface area contributed by atoms with Crippen molar-refractivity contribution in [3.05, 3.63) is 69.7 Å². The van der Waals surface area contributed by atoms with Crippen molar-refractivity contribution in [1.82, 2.24) is 20.1 Å². The third-order valence-corrected chi connectivity index (χ3v) is 6.74. The number of hydrogen-bond acceptors (Lipinski definition) is 7. The highest BCUT2D eigenvalue weighted by atomic mass is 32.1. The van der Waals surface area contributed by atoms with Gasteiger partial charge in [-0.05, 0) is 38.1 Å². The minimum atomic E-state index is -0.757. The number of benzene rings is 1. The number of anilines is 1. The summed E-state index contributed by atoms with van der Waals surface area (Å²) >= 11 is 2.75. The molecule has 0 aliphatic carbocycles. The summed E-state index contributed by atoms with van der Waals surface area (Å²) in [4.78, 5) is 43.0. The van der Waals surface area contributed by atoms with Gasteiger partial charge in [0.05, 0.1) is 39.8 Å². The van der Waals surface area contributed by atoms with Crippen LogP contribution in [0.3, 0.4) is 0 Å². The van der Waals surface area contributed by atoms with Crippen molar-refractivity contribution in [1.29, 1.82) is 0 Å². The molecule has 0 unspecified atom stereocenters. The normalized spacial score (nSPS) is 10.8. The average molecular weight is 480 g/mol. The molecule has 2 N–H and O–H groups in total. The number of Topliss-reactive ketones (excluding diaryl/α,β-unsaturated/α-hetero) is 1. The Labute approximate surface area is 198 Å². The highest BCUT2D eigenvalue weighted by Gasteiger charge is 2.26. The molecule has 10 heteroatoms. The van der Waals surface area contributed by atoms with E-state index in [1.807, 2.05) is 47.8 Å². The van der Waals surface area contributed by atoms with Crippen LogP contribution in [0.5, 0.6) is 0 Å². The third kappa shape index (κ3) is 4.91. The number of hydrogen-bond donors (Lipinski definition) is 2. The van der Waals surface area contributed by atoms with Gasteiger partial charge in [-0.2, -0.15) is 5.10 Å². The van der Waals surface area contributed by atoms with Crippen LogP contribution >= 0.6 is 22.7 Å². The zero-order valence-electron chi connectivity index (χ0n) is 18.2. The predicted molar refractivity (Wildman–Crippen MR) is 129 cm³/mol. The standard InChI is InChI=1S/C23H21N5O3S2/c1-13-20(14(2)28(27-13)16-7-5-4-6-8-16)21(30)22(31)26-23-25-18(12-32-23)19-10-9-17(33-19)11-24-15(3)29/h4-10,12H,11H2,1-3H3,(H,24,29)(H,25,26,31). The van der Waals surface area contributed by atoms with E-state index in [-0.39, 0.29) is 11.5 Å². The quantitative estimate of drug-likeness (QED) is 0.306. The first-order valence-electron chi connectivity index (χ1n) is 10.1. The Kier molecular flexibility index (Phi) is 6.47. The van der Waals surface area contributed by atoms with Crippen LogP contribution in [0, 0.1) is 13.8 Å². The number of rotatable bonds is 7. The molecule has 0 radical (unpaired) electrons. The van der Waals surface area contributed by atoms with Gasteiger partial charge < -0.3 is 5.32 Å². The van der Waals surface area contributed by atoms with E-state index in [1.165, 1.54) is 29.6 Å². The maximum atomic E-state index is 12.9. The average Bonchev–Trinajstić information content (AvgIpc) is 3.51. The van der Waals surface area contributed by atoms with Crippen LogP contribution in [-0.4, -0.2) is 32.4 Å². The molecule has 168 valence electrons. The number of thiazole rings is 1. The topological polar surface area (TPSA) is 106 Å². The first kappa shape index (κ1) is 22.6. The fourth-order valence-electron chi connectivity index (χ4n) is 3.33. The maximum absolute atomic E-state index is 12.9. The molecule has 8 nitrogen and oxygen atoms in total. The number of thiophene rings is 1. The Morgan fingerprint density at radius 2 is 1.82 bits per heavy atom. The lowest BCUT2D eigenvalue weighted by atomic mass is 10.1. The Balaban J connectivity index is 1.48. The van der Waals surface area contributed by atoms with E-state index in [9.17, 15) is 14.4 Å².